The van der Waals surface area contributed by atoms with Gasteiger partial charge in [0, 0.05) is 98.8 Å². The summed E-state index contributed by atoms with van der Waals surface area (Å²) in [5.41, 5.74) is 10.3. The number of hydrogen-bond donors (Lipinski definition) is 4. The van der Waals surface area contributed by atoms with Gasteiger partial charge in [-0.3, -0.25) is 43.5 Å². The Hall–Kier alpha value is -11.0. The zero-order valence-electron chi connectivity index (χ0n) is 59.3. The second-order valence-corrected chi connectivity index (χ2v) is 25.8. The van der Waals surface area contributed by atoms with Crippen LogP contribution in [0.4, 0.5) is 22.7 Å². The van der Waals surface area contributed by atoms with Gasteiger partial charge >= 0.3 is 0 Å². The number of carbonyl (C=O) groups excluding carboxylic acids is 7. The summed E-state index contributed by atoms with van der Waals surface area (Å²) in [6, 6.07) is 34.9. The number of nitrogens with one attached hydrogen (secondary N) is 4. The molecule has 104 heavy (non-hydrogen) atoms. The number of hydrogen-bond acceptors (Lipinski definition) is 17. The Morgan fingerprint density at radius 2 is 1.13 bits per heavy atom. The molecule has 542 valence electrons. The number of aryl methyl sites for hydroxylation is 1. The van der Waals surface area contributed by atoms with Gasteiger partial charge in [0.15, 0.2) is 11.5 Å². The molecular formula is C80H87N9O15. The SMILES string of the molecule is COc1ccc(C2=CN3C(=O)c4cc(C)c(OCCCOc5cc6c(cc5OC)C(=O)N5C=C(c7ccc(NC(=O)[C@H](C)NC(=O)[C@@H](NC(=O)CCOCCOCCOCCOCCNC(=O)CCC(=O)N8Cc9ccccc9C#Cc9ccccc98)C(C)C)cc7)C[C@H]5C=N6)cc4N=C[C@@H]3C2)cc1. The van der Waals surface area contributed by atoms with Gasteiger partial charge in [-0.1, -0.05) is 80.3 Å². The molecule has 6 aromatic carbocycles. The Bertz CT molecular complexity index is 4330. The Morgan fingerprint density at radius 3 is 1.77 bits per heavy atom. The largest absolute Gasteiger partial charge is 0.497 e. The molecule has 4 N–H and O–H groups in total. The van der Waals surface area contributed by atoms with Crippen molar-refractivity contribution in [3.63, 3.8) is 0 Å². The third-order valence-electron chi connectivity index (χ3n) is 18.1. The zero-order chi connectivity index (χ0) is 73.1. The van der Waals surface area contributed by atoms with E-state index in [4.69, 9.17) is 47.9 Å². The van der Waals surface area contributed by atoms with Crippen molar-refractivity contribution >= 4 is 87.7 Å². The van der Waals surface area contributed by atoms with Crippen molar-refractivity contribution in [1.82, 2.24) is 25.8 Å². The fourth-order valence-corrected chi connectivity index (χ4v) is 12.4. The Balaban J connectivity index is 0.532. The van der Waals surface area contributed by atoms with E-state index >= 15 is 0 Å². The average molecular weight is 1410 g/mol. The number of benzene rings is 6. The van der Waals surface area contributed by atoms with Gasteiger partial charge in [0.2, 0.25) is 29.5 Å². The van der Waals surface area contributed by atoms with Crippen LogP contribution in [0.25, 0.3) is 11.1 Å². The maximum Gasteiger partial charge on any atom is 0.260 e. The van der Waals surface area contributed by atoms with Crippen LogP contribution in [0.15, 0.2) is 144 Å². The summed E-state index contributed by atoms with van der Waals surface area (Å²) in [6.07, 6.45) is 9.05. The van der Waals surface area contributed by atoms with Crippen LogP contribution in [-0.4, -0.2) is 175 Å². The first-order valence-corrected chi connectivity index (χ1v) is 35.0. The number of aliphatic imine (C=N–C) groups is 2. The number of anilines is 2. The maximum absolute atomic E-state index is 14.2. The summed E-state index contributed by atoms with van der Waals surface area (Å²) >= 11 is 0. The molecule has 0 fully saturated rings. The fourth-order valence-electron chi connectivity index (χ4n) is 12.4. The lowest BCUT2D eigenvalue weighted by Gasteiger charge is -2.26. The number of para-hydroxylation sites is 1. The van der Waals surface area contributed by atoms with Crippen LogP contribution in [0.2, 0.25) is 0 Å². The molecule has 6 aromatic rings. The first-order valence-electron chi connectivity index (χ1n) is 35.0. The monoisotopic (exact) mass is 1410 g/mol. The van der Waals surface area contributed by atoms with Crippen LogP contribution in [0.3, 0.4) is 0 Å². The molecule has 0 aliphatic carbocycles. The van der Waals surface area contributed by atoms with Crippen molar-refractivity contribution in [3.05, 3.63) is 178 Å². The molecule has 4 atom stereocenters. The second-order valence-electron chi connectivity index (χ2n) is 25.8. The molecule has 11 rings (SSSR count). The van der Waals surface area contributed by atoms with E-state index in [1.54, 1.807) is 73.1 Å². The van der Waals surface area contributed by atoms with Gasteiger partial charge in [0.05, 0.1) is 127 Å². The molecule has 5 heterocycles. The topological polar surface area (TPSA) is 276 Å². The Morgan fingerprint density at radius 1 is 0.567 bits per heavy atom. The minimum absolute atomic E-state index is 0.00480. The molecule has 0 radical (unpaired) electrons. The number of methoxy groups -OCH3 is 2. The van der Waals surface area contributed by atoms with Gasteiger partial charge in [-0.25, -0.2) is 0 Å². The highest BCUT2D eigenvalue weighted by Gasteiger charge is 2.36. The van der Waals surface area contributed by atoms with E-state index in [0.717, 1.165) is 56.0 Å². The minimum atomic E-state index is -0.944. The van der Waals surface area contributed by atoms with Gasteiger partial charge in [0.25, 0.3) is 11.8 Å². The molecule has 7 amide bonds. The summed E-state index contributed by atoms with van der Waals surface area (Å²) in [6.45, 7) is 10.5. The molecule has 24 nitrogen and oxygen atoms in total. The number of fused-ring (bicyclic) bond motifs is 6. The molecule has 24 heteroatoms. The molecule has 5 aliphatic heterocycles. The molecule has 0 aromatic heterocycles. The van der Waals surface area contributed by atoms with Crippen LogP contribution >= 0.6 is 0 Å². The van der Waals surface area contributed by atoms with Crippen molar-refractivity contribution in [1.29, 1.82) is 0 Å². The van der Waals surface area contributed by atoms with Crippen LogP contribution in [0.5, 0.6) is 23.0 Å². The maximum atomic E-state index is 14.2. The highest BCUT2D eigenvalue weighted by atomic mass is 16.6. The van der Waals surface area contributed by atoms with E-state index < -0.39 is 23.9 Å². The van der Waals surface area contributed by atoms with Gasteiger partial charge < -0.3 is 73.9 Å². The van der Waals surface area contributed by atoms with Crippen molar-refractivity contribution in [2.45, 2.75) is 96.9 Å². The van der Waals surface area contributed by atoms with E-state index in [1.807, 2.05) is 123 Å². The number of ether oxygens (including phenoxy) is 8. The smallest absolute Gasteiger partial charge is 0.260 e. The zero-order valence-corrected chi connectivity index (χ0v) is 59.3. The normalized spacial score (nSPS) is 15.9. The van der Waals surface area contributed by atoms with Crippen molar-refractivity contribution in [2.75, 3.05) is 97.0 Å². The molecule has 0 saturated carbocycles. The first-order chi connectivity index (χ1) is 50.5. The summed E-state index contributed by atoms with van der Waals surface area (Å²) in [4.78, 5) is 108. The minimum Gasteiger partial charge on any atom is -0.497 e. The van der Waals surface area contributed by atoms with Crippen LogP contribution < -0.4 is 45.1 Å². The quantitative estimate of drug-likeness (QED) is 0.0216. The van der Waals surface area contributed by atoms with Gasteiger partial charge in [-0.15, -0.1) is 0 Å². The highest BCUT2D eigenvalue weighted by molar-refractivity contribution is 6.07. The van der Waals surface area contributed by atoms with E-state index in [1.165, 1.54) is 7.11 Å². The summed E-state index contributed by atoms with van der Waals surface area (Å²) in [5.74, 6) is 6.18. The Labute approximate surface area is 605 Å². The number of carbonyl (C=O) groups is 7. The molecule has 0 bridgehead atoms. The molecular weight excluding hydrogens is 1330 g/mol. The van der Waals surface area contributed by atoms with E-state index in [9.17, 15) is 33.6 Å². The predicted molar refractivity (Wildman–Crippen MR) is 394 cm³/mol. The van der Waals surface area contributed by atoms with Gasteiger partial charge in [-0.2, -0.15) is 0 Å². The average Bonchev–Trinajstić information content (AvgIpc) is 1.58. The number of amides is 7. The number of nitrogens with zero attached hydrogens (tertiary/aromatic N) is 5. The van der Waals surface area contributed by atoms with E-state index in [0.29, 0.717) is 111 Å². The van der Waals surface area contributed by atoms with Crippen molar-refractivity contribution in [3.8, 4) is 34.8 Å². The summed E-state index contributed by atoms with van der Waals surface area (Å²) in [7, 11) is 3.15. The third kappa shape index (κ3) is 19.0. The van der Waals surface area contributed by atoms with E-state index in [2.05, 4.69) is 33.1 Å². The van der Waals surface area contributed by atoms with Crippen LogP contribution in [-0.2, 0) is 49.5 Å². The second kappa shape index (κ2) is 35.8. The molecule has 0 saturated heterocycles. The van der Waals surface area contributed by atoms with Crippen LogP contribution in [0.1, 0.15) is 113 Å². The summed E-state index contributed by atoms with van der Waals surface area (Å²) in [5, 5.41) is 11.2. The Kier molecular flexibility index (Phi) is 25.5. The summed E-state index contributed by atoms with van der Waals surface area (Å²) < 4.78 is 45.7. The first kappa shape index (κ1) is 74.2. The van der Waals surface area contributed by atoms with Crippen molar-refractivity contribution < 1.29 is 71.5 Å². The van der Waals surface area contributed by atoms with Crippen molar-refractivity contribution in [2.24, 2.45) is 15.9 Å². The lowest BCUT2D eigenvalue weighted by atomic mass is 10.0. The standard InChI is InChI=1S/C80H87N9O15/c1-51(2)76(86-74(91)28-32-99-34-36-101-38-39-102-37-35-100-33-29-81-73(90)26-27-75(92)89-48-58-14-8-7-12-54(58)16-17-57-13-9-10-15-69(57)89)78(94)84-53(4)77(93)85-61-22-18-55(19-23-61)59-41-63-47-83-68-45-72(71(98-6)43-66(68)80(96)88(63)49-59)104-31-11-30-103-70-44-67-65(40-52(70)3)79(95)87-50-60(42-62(87)46-82-67)56-20-24-64(97-5)25-21-56/h7-10,12-15,18-25,40,43-47,49-51,53,62-63,76H,11,26-39,41-42,48H2,1-6H3,(H,81,90)(H,84,94)(H,85,93)(H,86,91)/t53-,62-,63-,76-/m0/s1. The van der Waals surface area contributed by atoms with Gasteiger partial charge in [0.1, 0.15) is 23.6 Å². The van der Waals surface area contributed by atoms with Gasteiger partial charge in [-0.05, 0) is 108 Å². The fraction of sp³-hybridized carbons (Fsp3) is 0.362. The molecule has 0 spiro atoms. The highest BCUT2D eigenvalue weighted by Crippen LogP contribution is 2.41. The van der Waals surface area contributed by atoms with E-state index in [-0.39, 0.29) is 99.8 Å². The molecule has 0 unspecified atom stereocenters. The third-order valence-corrected chi connectivity index (χ3v) is 18.1. The predicted octanol–water partition coefficient (Wildman–Crippen LogP) is 9.69. The lowest BCUT2D eigenvalue weighted by Crippen LogP contribution is -2.53. The molecule has 5 aliphatic rings. The van der Waals surface area contributed by atoms with Crippen LogP contribution in [0, 0.1) is 24.7 Å². The number of rotatable bonds is 34. The lowest BCUT2D eigenvalue weighted by molar-refractivity contribution is -0.132.